The van der Waals surface area contributed by atoms with Crippen LogP contribution in [-0.4, -0.2) is 72.1 Å². The molecule has 1 fully saturated rings. The van der Waals surface area contributed by atoms with E-state index < -0.39 is 17.7 Å². The van der Waals surface area contributed by atoms with Crippen LogP contribution in [0.5, 0.6) is 17.2 Å². The zero-order valence-corrected chi connectivity index (χ0v) is 18.1. The number of carbonyl (C=O) groups is 2. The van der Waals surface area contributed by atoms with Crippen molar-refractivity contribution in [1.29, 1.82) is 0 Å². The molecule has 2 heterocycles. The molecule has 32 heavy (non-hydrogen) atoms. The molecule has 8 nitrogen and oxygen atoms in total. The summed E-state index contributed by atoms with van der Waals surface area (Å²) < 4.78 is 11.1. The molecule has 1 saturated heterocycles. The van der Waals surface area contributed by atoms with Gasteiger partial charge in [0.1, 0.15) is 24.7 Å². The van der Waals surface area contributed by atoms with E-state index in [9.17, 15) is 19.8 Å². The van der Waals surface area contributed by atoms with Gasteiger partial charge in [-0.15, -0.1) is 0 Å². The van der Waals surface area contributed by atoms with Crippen LogP contribution in [-0.2, 0) is 9.59 Å². The number of fused-ring (bicyclic) bond motifs is 1. The average Bonchev–Trinajstić information content (AvgIpc) is 3.03. The van der Waals surface area contributed by atoms with Crippen molar-refractivity contribution in [3.8, 4) is 17.2 Å². The summed E-state index contributed by atoms with van der Waals surface area (Å²) >= 11 is 0. The lowest BCUT2D eigenvalue weighted by Gasteiger charge is -2.26. The number of aromatic hydroxyl groups is 1. The van der Waals surface area contributed by atoms with E-state index in [4.69, 9.17) is 9.47 Å². The van der Waals surface area contributed by atoms with E-state index in [1.807, 2.05) is 19.0 Å². The highest BCUT2D eigenvalue weighted by Crippen LogP contribution is 2.41. The number of rotatable bonds is 6. The zero-order valence-electron chi connectivity index (χ0n) is 18.1. The molecule has 1 atom stereocenters. The number of aliphatic hydroxyl groups is 1. The van der Waals surface area contributed by atoms with Crippen molar-refractivity contribution in [3.63, 3.8) is 0 Å². The number of nitrogens with zero attached hydrogens (tertiary/aromatic N) is 2. The fourth-order valence-corrected chi connectivity index (χ4v) is 4.06. The van der Waals surface area contributed by atoms with Gasteiger partial charge in [-0.05, 0) is 63.0 Å². The number of ketones is 1. The lowest BCUT2D eigenvalue weighted by molar-refractivity contribution is -0.139. The maximum absolute atomic E-state index is 13.0. The summed E-state index contributed by atoms with van der Waals surface area (Å²) in [4.78, 5) is 29.4. The fraction of sp³-hybridized carbons (Fsp3) is 0.333. The number of amides is 1. The minimum atomic E-state index is -0.808. The first-order chi connectivity index (χ1) is 15.4. The van der Waals surface area contributed by atoms with E-state index >= 15 is 0 Å². The average molecular weight is 438 g/mol. The topological polar surface area (TPSA) is 99.5 Å². The molecule has 2 aromatic rings. The number of hydrogen-bond donors (Lipinski definition) is 2. The molecule has 0 aliphatic carbocycles. The molecule has 1 amide bonds. The smallest absolute Gasteiger partial charge is 0.295 e. The number of carbonyl (C=O) groups excluding carboxylic acids is 2. The third-order valence-electron chi connectivity index (χ3n) is 5.55. The molecule has 4 rings (SSSR count). The normalized spacial score (nSPS) is 19.6. The Balaban J connectivity index is 1.79. The van der Waals surface area contributed by atoms with Gasteiger partial charge in [-0.1, -0.05) is 12.1 Å². The SMILES string of the molecule is CN(C)CCCN1C(=O)C(=O)C(=C(O)c2ccc3c(c2)OCCO3)[C@H]1c1cccc(O)c1. The summed E-state index contributed by atoms with van der Waals surface area (Å²) in [5.74, 6) is -0.674. The molecule has 0 bridgehead atoms. The molecule has 0 aromatic heterocycles. The number of aliphatic hydroxyl groups excluding tert-OH is 1. The maximum atomic E-state index is 13.0. The molecular weight excluding hydrogens is 412 g/mol. The Morgan fingerprint density at radius 1 is 1.09 bits per heavy atom. The van der Waals surface area contributed by atoms with Gasteiger partial charge < -0.3 is 29.5 Å². The second-order valence-electron chi connectivity index (χ2n) is 8.10. The van der Waals surface area contributed by atoms with Gasteiger partial charge in [-0.3, -0.25) is 9.59 Å². The Morgan fingerprint density at radius 2 is 1.84 bits per heavy atom. The van der Waals surface area contributed by atoms with Gasteiger partial charge in [0.05, 0.1) is 11.6 Å². The summed E-state index contributed by atoms with van der Waals surface area (Å²) in [7, 11) is 3.87. The number of Topliss-reactive ketones (excluding diaryl/α,β-unsaturated/α-hetero) is 1. The van der Waals surface area contributed by atoms with Crippen molar-refractivity contribution in [2.75, 3.05) is 40.4 Å². The first kappa shape index (κ1) is 21.7. The molecule has 168 valence electrons. The highest BCUT2D eigenvalue weighted by atomic mass is 16.6. The third-order valence-corrected chi connectivity index (χ3v) is 5.55. The third kappa shape index (κ3) is 4.13. The van der Waals surface area contributed by atoms with Gasteiger partial charge in [0, 0.05) is 12.1 Å². The Morgan fingerprint density at radius 3 is 2.56 bits per heavy atom. The number of ether oxygens (including phenoxy) is 2. The van der Waals surface area contributed by atoms with Crippen molar-refractivity contribution in [2.45, 2.75) is 12.5 Å². The minimum Gasteiger partial charge on any atom is -0.508 e. The van der Waals surface area contributed by atoms with Crippen LogP contribution < -0.4 is 9.47 Å². The van der Waals surface area contributed by atoms with Gasteiger partial charge in [0.2, 0.25) is 0 Å². The van der Waals surface area contributed by atoms with Gasteiger partial charge in [0.15, 0.2) is 11.5 Å². The van der Waals surface area contributed by atoms with E-state index in [0.29, 0.717) is 48.8 Å². The van der Waals surface area contributed by atoms with E-state index in [-0.39, 0.29) is 17.1 Å². The second-order valence-corrected chi connectivity index (χ2v) is 8.10. The largest absolute Gasteiger partial charge is 0.508 e. The highest BCUT2D eigenvalue weighted by Gasteiger charge is 2.46. The first-order valence-corrected chi connectivity index (χ1v) is 10.5. The Hall–Kier alpha value is -3.52. The first-order valence-electron chi connectivity index (χ1n) is 10.5. The van der Waals surface area contributed by atoms with Crippen molar-refractivity contribution < 1.29 is 29.3 Å². The molecule has 0 radical (unpaired) electrons. The van der Waals surface area contributed by atoms with Crippen LogP contribution in [0.4, 0.5) is 0 Å². The van der Waals surface area contributed by atoms with Crippen LogP contribution in [0.3, 0.4) is 0 Å². The van der Waals surface area contributed by atoms with E-state index in [2.05, 4.69) is 0 Å². The summed E-state index contributed by atoms with van der Waals surface area (Å²) in [6, 6.07) is 10.5. The lowest BCUT2D eigenvalue weighted by Crippen LogP contribution is -2.32. The van der Waals surface area contributed by atoms with E-state index in [1.54, 1.807) is 30.3 Å². The van der Waals surface area contributed by atoms with E-state index in [1.165, 1.54) is 17.0 Å². The van der Waals surface area contributed by atoms with Crippen molar-refractivity contribution in [1.82, 2.24) is 9.80 Å². The van der Waals surface area contributed by atoms with Crippen LogP contribution >= 0.6 is 0 Å². The number of phenolic OH excluding ortho intramolecular Hbond substituents is 1. The van der Waals surface area contributed by atoms with Gasteiger partial charge >= 0.3 is 0 Å². The van der Waals surface area contributed by atoms with Crippen molar-refractivity contribution in [3.05, 3.63) is 59.2 Å². The standard InChI is InChI=1S/C24H26N2O6/c1-25(2)9-4-10-26-21(15-5-3-6-17(27)13-15)20(23(29)24(26)30)22(28)16-7-8-18-19(14-16)32-12-11-31-18/h3,5-8,13-14,21,27-28H,4,9-12H2,1-2H3/t21-/m1/s1. The molecule has 2 N–H and O–H groups in total. The molecular formula is C24H26N2O6. The quantitative estimate of drug-likeness (QED) is 0.406. The molecule has 2 aliphatic rings. The zero-order chi connectivity index (χ0) is 22.8. The Labute approximate surface area is 186 Å². The minimum absolute atomic E-state index is 0.0119. The fourth-order valence-electron chi connectivity index (χ4n) is 4.06. The Kier molecular flexibility index (Phi) is 6.05. The molecule has 0 unspecified atom stereocenters. The van der Waals surface area contributed by atoms with Gasteiger partial charge in [-0.2, -0.15) is 0 Å². The van der Waals surface area contributed by atoms with Gasteiger partial charge in [0.25, 0.3) is 11.7 Å². The summed E-state index contributed by atoms with van der Waals surface area (Å²) in [6.07, 6.45) is 0.652. The molecule has 2 aliphatic heterocycles. The maximum Gasteiger partial charge on any atom is 0.295 e. The number of benzene rings is 2. The lowest BCUT2D eigenvalue weighted by atomic mass is 9.95. The summed E-state index contributed by atoms with van der Waals surface area (Å²) in [5, 5.41) is 21.2. The monoisotopic (exact) mass is 438 g/mol. The Bertz CT molecular complexity index is 1080. The number of likely N-dealkylation sites (tertiary alicyclic amines) is 1. The predicted molar refractivity (Wildman–Crippen MR) is 118 cm³/mol. The molecule has 8 heteroatoms. The van der Waals surface area contributed by atoms with Crippen LogP contribution in [0.15, 0.2) is 48.0 Å². The summed E-state index contributed by atoms with van der Waals surface area (Å²) in [6.45, 7) is 1.89. The molecule has 0 spiro atoms. The van der Waals surface area contributed by atoms with E-state index in [0.717, 1.165) is 6.54 Å². The number of hydrogen-bond acceptors (Lipinski definition) is 7. The van der Waals surface area contributed by atoms with Crippen LogP contribution in [0, 0.1) is 0 Å². The summed E-state index contributed by atoms with van der Waals surface area (Å²) in [5.41, 5.74) is 0.890. The van der Waals surface area contributed by atoms with Gasteiger partial charge in [-0.25, -0.2) is 0 Å². The predicted octanol–water partition coefficient (Wildman–Crippen LogP) is 2.54. The molecule has 0 saturated carbocycles. The van der Waals surface area contributed by atoms with Crippen LogP contribution in [0.2, 0.25) is 0 Å². The second kappa shape index (κ2) is 8.92. The van der Waals surface area contributed by atoms with Crippen molar-refractivity contribution >= 4 is 17.4 Å². The van der Waals surface area contributed by atoms with Crippen molar-refractivity contribution in [2.24, 2.45) is 0 Å². The van der Waals surface area contributed by atoms with Crippen LogP contribution in [0.1, 0.15) is 23.6 Å². The number of phenols is 1. The molecule has 2 aromatic carbocycles. The van der Waals surface area contributed by atoms with Crippen LogP contribution in [0.25, 0.3) is 5.76 Å². The highest BCUT2D eigenvalue weighted by molar-refractivity contribution is 6.46.